The Kier molecular flexibility index (Phi) is 7.60. The minimum Gasteiger partial charge on any atom is -0.333 e. The van der Waals surface area contributed by atoms with Crippen molar-refractivity contribution >= 4 is 28.3 Å². The fraction of sp³-hybridized carbons (Fsp3) is 0.350. The van der Waals surface area contributed by atoms with Crippen LogP contribution in [0.15, 0.2) is 59.5 Å². The number of benzene rings is 2. The Labute approximate surface area is 172 Å². The first-order valence-electron chi connectivity index (χ1n) is 9.07. The fourth-order valence-corrected chi connectivity index (χ4v) is 4.49. The first-order valence-corrected chi connectivity index (χ1v) is 10.6. The number of amides is 1. The van der Waals surface area contributed by atoms with Gasteiger partial charge < -0.3 is 10.2 Å². The SMILES string of the molecule is CC(NS(=O)(=O)c1cccc(C(=O)N2CCNC[C@H]2C)c1)c1ccccc1.Cl. The van der Waals surface area contributed by atoms with E-state index in [9.17, 15) is 13.2 Å². The van der Waals surface area contributed by atoms with Gasteiger partial charge in [-0.2, -0.15) is 0 Å². The van der Waals surface area contributed by atoms with E-state index in [-0.39, 0.29) is 35.3 Å². The highest BCUT2D eigenvalue weighted by Gasteiger charge is 2.25. The predicted molar refractivity (Wildman–Crippen MR) is 112 cm³/mol. The second kappa shape index (κ2) is 9.52. The molecule has 0 saturated carbocycles. The molecule has 2 aromatic carbocycles. The molecule has 1 aliphatic heterocycles. The zero-order valence-electron chi connectivity index (χ0n) is 16.0. The van der Waals surface area contributed by atoms with Gasteiger partial charge in [0.2, 0.25) is 10.0 Å². The van der Waals surface area contributed by atoms with Crippen LogP contribution >= 0.6 is 12.4 Å². The number of hydrogen-bond acceptors (Lipinski definition) is 4. The van der Waals surface area contributed by atoms with E-state index in [1.165, 1.54) is 12.1 Å². The number of carbonyl (C=O) groups is 1. The lowest BCUT2D eigenvalue weighted by Gasteiger charge is -2.34. The molecule has 0 aromatic heterocycles. The summed E-state index contributed by atoms with van der Waals surface area (Å²) in [5, 5.41) is 3.24. The van der Waals surface area contributed by atoms with Gasteiger partial charge in [-0.3, -0.25) is 4.79 Å². The average Bonchev–Trinajstić information content (AvgIpc) is 2.68. The summed E-state index contributed by atoms with van der Waals surface area (Å²) in [4.78, 5) is 14.7. The number of sulfonamides is 1. The van der Waals surface area contributed by atoms with E-state index in [1.807, 2.05) is 37.3 Å². The molecule has 2 atom stereocenters. The van der Waals surface area contributed by atoms with Crippen LogP contribution in [0.4, 0.5) is 0 Å². The average molecular weight is 424 g/mol. The minimum atomic E-state index is -3.74. The third-order valence-corrected chi connectivity index (χ3v) is 6.32. The van der Waals surface area contributed by atoms with Gasteiger partial charge >= 0.3 is 0 Å². The van der Waals surface area contributed by atoms with Crippen LogP contribution in [0.5, 0.6) is 0 Å². The Morgan fingerprint density at radius 3 is 2.57 bits per heavy atom. The molecule has 1 amide bonds. The van der Waals surface area contributed by atoms with E-state index in [2.05, 4.69) is 10.0 Å². The van der Waals surface area contributed by atoms with Crippen LogP contribution in [0.25, 0.3) is 0 Å². The Balaban J connectivity index is 0.00000280. The van der Waals surface area contributed by atoms with Crippen molar-refractivity contribution < 1.29 is 13.2 Å². The van der Waals surface area contributed by atoms with E-state index >= 15 is 0 Å². The van der Waals surface area contributed by atoms with Crippen molar-refractivity contribution in [3.8, 4) is 0 Å². The highest BCUT2D eigenvalue weighted by molar-refractivity contribution is 7.89. The molecule has 2 aromatic rings. The van der Waals surface area contributed by atoms with Gasteiger partial charge in [-0.15, -0.1) is 12.4 Å². The van der Waals surface area contributed by atoms with Crippen molar-refractivity contribution in [2.24, 2.45) is 0 Å². The second-order valence-electron chi connectivity index (χ2n) is 6.83. The summed E-state index contributed by atoms with van der Waals surface area (Å²) < 4.78 is 28.3. The zero-order valence-corrected chi connectivity index (χ0v) is 17.6. The molecular weight excluding hydrogens is 398 g/mol. The van der Waals surface area contributed by atoms with Crippen molar-refractivity contribution in [3.63, 3.8) is 0 Å². The quantitative estimate of drug-likeness (QED) is 0.774. The lowest BCUT2D eigenvalue weighted by Crippen LogP contribution is -2.52. The summed E-state index contributed by atoms with van der Waals surface area (Å²) in [6, 6.07) is 15.3. The number of rotatable bonds is 5. The van der Waals surface area contributed by atoms with Crippen LogP contribution in [-0.4, -0.2) is 44.9 Å². The number of nitrogens with zero attached hydrogens (tertiary/aromatic N) is 1. The molecule has 1 heterocycles. The van der Waals surface area contributed by atoms with Gasteiger partial charge in [-0.1, -0.05) is 36.4 Å². The van der Waals surface area contributed by atoms with Crippen LogP contribution in [0.2, 0.25) is 0 Å². The van der Waals surface area contributed by atoms with Gasteiger partial charge in [-0.05, 0) is 37.6 Å². The minimum absolute atomic E-state index is 0. The molecule has 152 valence electrons. The highest BCUT2D eigenvalue weighted by Crippen LogP contribution is 2.19. The first kappa shape index (κ1) is 22.4. The number of nitrogens with one attached hydrogen (secondary N) is 2. The molecule has 0 radical (unpaired) electrons. The standard InChI is InChI=1S/C20H25N3O3S.ClH/c1-15-14-21-11-12-23(15)20(24)18-9-6-10-19(13-18)27(25,26)22-16(2)17-7-4-3-5-8-17;/h3-10,13,15-16,21-22H,11-12,14H2,1-2H3;1H/t15-,16?;/m1./s1. The largest absolute Gasteiger partial charge is 0.333 e. The van der Waals surface area contributed by atoms with E-state index in [0.717, 1.165) is 18.7 Å². The second-order valence-corrected chi connectivity index (χ2v) is 8.55. The molecule has 3 rings (SSSR count). The fourth-order valence-electron chi connectivity index (χ4n) is 3.22. The summed E-state index contributed by atoms with van der Waals surface area (Å²) in [5.41, 5.74) is 1.27. The lowest BCUT2D eigenvalue weighted by molar-refractivity contribution is 0.0655. The van der Waals surface area contributed by atoms with Crippen LogP contribution in [-0.2, 0) is 10.0 Å². The number of piperazine rings is 1. The molecule has 8 heteroatoms. The monoisotopic (exact) mass is 423 g/mol. The zero-order chi connectivity index (χ0) is 19.4. The van der Waals surface area contributed by atoms with Gasteiger partial charge in [0.25, 0.3) is 5.91 Å². The Hall–Kier alpha value is -1.93. The molecule has 1 unspecified atom stereocenters. The van der Waals surface area contributed by atoms with E-state index in [1.54, 1.807) is 24.0 Å². The van der Waals surface area contributed by atoms with Crippen LogP contribution in [0.1, 0.15) is 35.8 Å². The molecule has 0 bridgehead atoms. The van der Waals surface area contributed by atoms with Crippen molar-refractivity contribution in [1.82, 2.24) is 14.9 Å². The molecule has 1 saturated heterocycles. The molecule has 1 aliphatic rings. The summed E-state index contributed by atoms with van der Waals surface area (Å²) in [6.45, 7) is 5.86. The predicted octanol–water partition coefficient (Wildman–Crippen LogP) is 2.58. The van der Waals surface area contributed by atoms with Gasteiger partial charge in [-0.25, -0.2) is 13.1 Å². The van der Waals surface area contributed by atoms with Gasteiger partial charge in [0.1, 0.15) is 0 Å². The van der Waals surface area contributed by atoms with E-state index in [4.69, 9.17) is 0 Å². The topological polar surface area (TPSA) is 78.5 Å². The van der Waals surface area contributed by atoms with Gasteiger partial charge in [0.05, 0.1) is 4.90 Å². The third kappa shape index (κ3) is 5.11. The number of carbonyl (C=O) groups excluding carboxylic acids is 1. The Bertz CT molecular complexity index is 906. The van der Waals surface area contributed by atoms with Crippen molar-refractivity contribution in [1.29, 1.82) is 0 Å². The van der Waals surface area contributed by atoms with Gasteiger partial charge in [0, 0.05) is 37.3 Å². The van der Waals surface area contributed by atoms with Gasteiger partial charge in [0.15, 0.2) is 0 Å². The van der Waals surface area contributed by atoms with Crippen LogP contribution < -0.4 is 10.0 Å². The van der Waals surface area contributed by atoms with Crippen molar-refractivity contribution in [2.45, 2.75) is 30.8 Å². The summed E-state index contributed by atoms with van der Waals surface area (Å²) in [7, 11) is -3.74. The smallest absolute Gasteiger partial charge is 0.254 e. The Morgan fingerprint density at radius 2 is 1.89 bits per heavy atom. The first-order chi connectivity index (χ1) is 12.9. The molecule has 2 N–H and O–H groups in total. The Morgan fingerprint density at radius 1 is 1.18 bits per heavy atom. The highest BCUT2D eigenvalue weighted by atomic mass is 35.5. The normalized spacial score (nSPS) is 18.2. The summed E-state index contributed by atoms with van der Waals surface area (Å²) in [6.07, 6.45) is 0. The lowest BCUT2D eigenvalue weighted by atomic mass is 10.1. The van der Waals surface area contributed by atoms with Crippen LogP contribution in [0.3, 0.4) is 0 Å². The number of halogens is 1. The molecule has 6 nitrogen and oxygen atoms in total. The molecule has 0 aliphatic carbocycles. The van der Waals surface area contributed by atoms with E-state index < -0.39 is 10.0 Å². The van der Waals surface area contributed by atoms with Crippen molar-refractivity contribution in [2.75, 3.05) is 19.6 Å². The summed E-state index contributed by atoms with van der Waals surface area (Å²) in [5.74, 6) is -0.142. The third-order valence-electron chi connectivity index (χ3n) is 4.78. The molecule has 28 heavy (non-hydrogen) atoms. The maximum atomic E-state index is 12.8. The maximum absolute atomic E-state index is 12.8. The van der Waals surface area contributed by atoms with Crippen molar-refractivity contribution in [3.05, 3.63) is 65.7 Å². The molecular formula is C20H26ClN3O3S. The van der Waals surface area contributed by atoms with E-state index in [0.29, 0.717) is 12.1 Å². The summed E-state index contributed by atoms with van der Waals surface area (Å²) >= 11 is 0. The molecule has 1 fully saturated rings. The van der Waals surface area contributed by atoms with Crippen LogP contribution in [0, 0.1) is 0 Å². The number of hydrogen-bond donors (Lipinski definition) is 2. The maximum Gasteiger partial charge on any atom is 0.254 e. The molecule has 0 spiro atoms.